The van der Waals surface area contributed by atoms with E-state index in [1.54, 1.807) is 0 Å². The van der Waals surface area contributed by atoms with E-state index >= 15 is 0 Å². The Balaban J connectivity index is 2.62. The molecule has 0 fully saturated rings. The van der Waals surface area contributed by atoms with E-state index < -0.39 is 17.7 Å². The molecule has 0 N–H and O–H groups in total. The van der Waals surface area contributed by atoms with Crippen LogP contribution in [0.3, 0.4) is 0 Å². The zero-order valence-electron chi connectivity index (χ0n) is 9.95. The van der Waals surface area contributed by atoms with Crippen molar-refractivity contribution in [3.63, 3.8) is 0 Å². The van der Waals surface area contributed by atoms with Gasteiger partial charge in [0.1, 0.15) is 24.0 Å². The third kappa shape index (κ3) is 4.23. The number of ether oxygens (including phenoxy) is 1. The predicted octanol–water partition coefficient (Wildman–Crippen LogP) is 3.10. The van der Waals surface area contributed by atoms with Gasteiger partial charge in [0.05, 0.1) is 6.61 Å². The lowest BCUT2D eigenvalue weighted by molar-refractivity contribution is -0.122. The number of carbonyl (C=O) groups is 1. The molecule has 1 aromatic carbocycles. The van der Waals surface area contributed by atoms with Crippen molar-refractivity contribution < 1.29 is 18.3 Å². The van der Waals surface area contributed by atoms with Gasteiger partial charge in [-0.2, -0.15) is 0 Å². The minimum atomic E-state index is -0.644. The van der Waals surface area contributed by atoms with Crippen LogP contribution >= 0.6 is 0 Å². The summed E-state index contributed by atoms with van der Waals surface area (Å²) in [6, 6.07) is 3.19. The Morgan fingerprint density at radius 1 is 1.29 bits per heavy atom. The molecular formula is C13H16F2O2. The number of benzene rings is 1. The standard InChI is InChI=1S/C13H16F2O2/c1-3-9(2)13(7-16)17-8-10-4-11(14)6-12(15)5-10/h4-7,9,13H,3,8H2,1-2H3/t9?,13-/m1/s1. The van der Waals surface area contributed by atoms with Gasteiger partial charge in [0.15, 0.2) is 0 Å². The van der Waals surface area contributed by atoms with E-state index in [2.05, 4.69) is 0 Å². The second kappa shape index (κ2) is 6.45. The van der Waals surface area contributed by atoms with Gasteiger partial charge in [-0.25, -0.2) is 8.78 Å². The van der Waals surface area contributed by atoms with Crippen LogP contribution in [-0.2, 0) is 16.1 Å². The lowest BCUT2D eigenvalue weighted by Gasteiger charge is -2.17. The Hall–Kier alpha value is -1.29. The van der Waals surface area contributed by atoms with Crippen LogP contribution in [0.5, 0.6) is 0 Å². The summed E-state index contributed by atoms with van der Waals surface area (Å²) in [6.07, 6.45) is 0.997. The molecule has 0 saturated heterocycles. The molecule has 0 aliphatic carbocycles. The van der Waals surface area contributed by atoms with Gasteiger partial charge in [-0.3, -0.25) is 0 Å². The van der Waals surface area contributed by atoms with Gasteiger partial charge in [-0.15, -0.1) is 0 Å². The molecule has 0 aromatic heterocycles. The van der Waals surface area contributed by atoms with E-state index in [4.69, 9.17) is 4.74 Å². The zero-order valence-corrected chi connectivity index (χ0v) is 9.95. The summed E-state index contributed by atoms with van der Waals surface area (Å²) in [7, 11) is 0. The van der Waals surface area contributed by atoms with Gasteiger partial charge in [0.2, 0.25) is 0 Å². The van der Waals surface area contributed by atoms with Crippen LogP contribution in [0.4, 0.5) is 8.78 Å². The summed E-state index contributed by atoms with van der Waals surface area (Å²) in [5, 5.41) is 0. The molecule has 0 heterocycles. The van der Waals surface area contributed by atoms with Gasteiger partial charge in [0, 0.05) is 6.07 Å². The van der Waals surface area contributed by atoms with Crippen molar-refractivity contribution in [1.29, 1.82) is 0 Å². The SMILES string of the molecule is CCC(C)[C@@H](C=O)OCc1cc(F)cc(F)c1. The van der Waals surface area contributed by atoms with Crippen LogP contribution in [0, 0.1) is 17.6 Å². The number of hydrogen-bond donors (Lipinski definition) is 0. The average molecular weight is 242 g/mol. The molecular weight excluding hydrogens is 226 g/mol. The number of rotatable bonds is 6. The third-order valence-electron chi connectivity index (χ3n) is 2.70. The maximum Gasteiger partial charge on any atom is 0.149 e. The summed E-state index contributed by atoms with van der Waals surface area (Å²) in [4.78, 5) is 10.8. The average Bonchev–Trinajstić information content (AvgIpc) is 2.28. The van der Waals surface area contributed by atoms with Crippen LogP contribution < -0.4 is 0 Å². The largest absolute Gasteiger partial charge is 0.366 e. The van der Waals surface area contributed by atoms with Gasteiger partial charge >= 0.3 is 0 Å². The molecule has 1 rings (SSSR count). The van der Waals surface area contributed by atoms with Crippen molar-refractivity contribution in [3.8, 4) is 0 Å². The molecule has 0 aliphatic rings. The molecule has 0 radical (unpaired) electrons. The number of carbonyl (C=O) groups excluding carboxylic acids is 1. The first-order valence-electron chi connectivity index (χ1n) is 5.58. The molecule has 0 saturated carbocycles. The summed E-state index contributed by atoms with van der Waals surface area (Å²) in [5.74, 6) is -1.20. The highest BCUT2D eigenvalue weighted by Gasteiger charge is 2.15. The molecule has 0 amide bonds. The van der Waals surface area contributed by atoms with Crippen LogP contribution in [0.25, 0.3) is 0 Å². The molecule has 4 heteroatoms. The Morgan fingerprint density at radius 2 is 1.88 bits per heavy atom. The molecule has 2 atom stereocenters. The maximum absolute atomic E-state index is 12.9. The fourth-order valence-electron chi connectivity index (χ4n) is 1.46. The van der Waals surface area contributed by atoms with Crippen molar-refractivity contribution in [2.24, 2.45) is 5.92 Å². The number of aldehydes is 1. The number of halogens is 2. The summed E-state index contributed by atoms with van der Waals surface area (Å²) < 4.78 is 31.1. The second-order valence-electron chi connectivity index (χ2n) is 4.07. The van der Waals surface area contributed by atoms with Gasteiger partial charge < -0.3 is 9.53 Å². The van der Waals surface area contributed by atoms with Crippen molar-refractivity contribution in [2.45, 2.75) is 33.0 Å². The van der Waals surface area contributed by atoms with E-state index in [1.165, 1.54) is 12.1 Å². The predicted molar refractivity (Wildman–Crippen MR) is 60.5 cm³/mol. The zero-order chi connectivity index (χ0) is 12.8. The fourth-order valence-corrected chi connectivity index (χ4v) is 1.46. The summed E-state index contributed by atoms with van der Waals surface area (Å²) >= 11 is 0. The van der Waals surface area contributed by atoms with Crippen molar-refractivity contribution >= 4 is 6.29 Å². The van der Waals surface area contributed by atoms with Gasteiger partial charge in [-0.1, -0.05) is 20.3 Å². The van der Waals surface area contributed by atoms with Gasteiger partial charge in [-0.05, 0) is 23.6 Å². The van der Waals surface area contributed by atoms with Crippen LogP contribution in [0.15, 0.2) is 18.2 Å². The molecule has 0 bridgehead atoms. The highest BCUT2D eigenvalue weighted by molar-refractivity contribution is 5.56. The first-order valence-corrected chi connectivity index (χ1v) is 5.58. The monoisotopic (exact) mass is 242 g/mol. The van der Waals surface area contributed by atoms with Crippen LogP contribution in [0.1, 0.15) is 25.8 Å². The van der Waals surface area contributed by atoms with E-state index in [1.807, 2.05) is 13.8 Å². The third-order valence-corrected chi connectivity index (χ3v) is 2.70. The van der Waals surface area contributed by atoms with E-state index in [9.17, 15) is 13.6 Å². The molecule has 94 valence electrons. The van der Waals surface area contributed by atoms with E-state index in [0.717, 1.165) is 18.8 Å². The smallest absolute Gasteiger partial charge is 0.149 e. The first kappa shape index (κ1) is 13.8. The second-order valence-corrected chi connectivity index (χ2v) is 4.07. The molecule has 0 spiro atoms. The quantitative estimate of drug-likeness (QED) is 0.716. The molecule has 0 aliphatic heterocycles. The molecule has 1 unspecified atom stereocenters. The lowest BCUT2D eigenvalue weighted by Crippen LogP contribution is -2.22. The van der Waals surface area contributed by atoms with Crippen LogP contribution in [0.2, 0.25) is 0 Å². The molecule has 17 heavy (non-hydrogen) atoms. The Morgan fingerprint density at radius 3 is 2.35 bits per heavy atom. The summed E-state index contributed by atoms with van der Waals surface area (Å²) in [5.41, 5.74) is 0.387. The number of hydrogen-bond acceptors (Lipinski definition) is 2. The van der Waals surface area contributed by atoms with E-state index in [0.29, 0.717) is 5.56 Å². The highest BCUT2D eigenvalue weighted by Crippen LogP contribution is 2.14. The van der Waals surface area contributed by atoms with Crippen molar-refractivity contribution in [2.75, 3.05) is 0 Å². The van der Waals surface area contributed by atoms with E-state index in [-0.39, 0.29) is 12.5 Å². The first-order chi connectivity index (χ1) is 8.06. The maximum atomic E-state index is 12.9. The molecule has 2 nitrogen and oxygen atoms in total. The minimum absolute atomic E-state index is 0.0302. The van der Waals surface area contributed by atoms with Crippen molar-refractivity contribution in [3.05, 3.63) is 35.4 Å². The Labute approximate surface area is 99.6 Å². The van der Waals surface area contributed by atoms with Gasteiger partial charge in [0.25, 0.3) is 0 Å². The Kier molecular flexibility index (Phi) is 5.22. The fraction of sp³-hybridized carbons (Fsp3) is 0.462. The lowest BCUT2D eigenvalue weighted by atomic mass is 10.0. The highest BCUT2D eigenvalue weighted by atomic mass is 19.1. The van der Waals surface area contributed by atoms with Crippen molar-refractivity contribution in [1.82, 2.24) is 0 Å². The topological polar surface area (TPSA) is 26.3 Å². The molecule has 1 aromatic rings. The Bertz CT molecular complexity index is 359. The normalized spacial score (nSPS) is 14.4. The minimum Gasteiger partial charge on any atom is -0.366 e. The summed E-state index contributed by atoms with van der Waals surface area (Å²) in [6.45, 7) is 3.88. The van der Waals surface area contributed by atoms with Crippen LogP contribution in [-0.4, -0.2) is 12.4 Å².